The largest absolute Gasteiger partial charge is 0.386 e. The molecule has 2 aromatic carbocycles. The maximum Gasteiger partial charge on any atom is 0.386 e. The summed E-state index contributed by atoms with van der Waals surface area (Å²) in [6.07, 6.45) is 0. The van der Waals surface area contributed by atoms with Gasteiger partial charge in [0.05, 0.1) is 11.1 Å². The Kier molecular flexibility index (Phi) is 5.63. The second kappa shape index (κ2) is 7.23. The molecule has 4 nitrogen and oxygen atoms in total. The summed E-state index contributed by atoms with van der Waals surface area (Å²) in [5, 5.41) is 0. The van der Waals surface area contributed by atoms with Gasteiger partial charge in [-0.3, -0.25) is 0 Å². The molecule has 0 atom stereocenters. The Balaban J connectivity index is 0.00000180. The topological polar surface area (TPSA) is 52.6 Å². The molecule has 19 heavy (non-hydrogen) atoms. The van der Waals surface area contributed by atoms with Gasteiger partial charge >= 0.3 is 11.9 Å². The molecule has 0 bridgehead atoms. The van der Waals surface area contributed by atoms with Crippen molar-refractivity contribution in [2.45, 2.75) is 0 Å². The van der Waals surface area contributed by atoms with E-state index in [1.165, 1.54) is 0 Å². The van der Waals surface area contributed by atoms with Gasteiger partial charge in [-0.1, -0.05) is 36.4 Å². The summed E-state index contributed by atoms with van der Waals surface area (Å²) < 4.78 is 0. The minimum absolute atomic E-state index is 0. The lowest BCUT2D eigenvalue weighted by molar-refractivity contribution is -0.187. The van der Waals surface area contributed by atoms with Crippen LogP contribution in [0.3, 0.4) is 0 Å². The van der Waals surface area contributed by atoms with Crippen LogP contribution in [0.25, 0.3) is 0 Å². The van der Waals surface area contributed by atoms with Crippen molar-refractivity contribution in [1.82, 2.24) is 0 Å². The third-order valence-electron chi connectivity index (χ3n) is 2.21. The maximum atomic E-state index is 11.5. The molecule has 0 aliphatic rings. The Labute approximate surface area is 117 Å². The van der Waals surface area contributed by atoms with Gasteiger partial charge in [-0.25, -0.2) is 19.4 Å². The van der Waals surface area contributed by atoms with Crippen molar-refractivity contribution in [2.24, 2.45) is 0 Å². The quantitative estimate of drug-likeness (QED) is 0.623. The first-order chi connectivity index (χ1) is 8.77. The molecule has 2 radical (unpaired) electrons. The van der Waals surface area contributed by atoms with Crippen molar-refractivity contribution in [2.75, 3.05) is 0 Å². The third-order valence-corrected chi connectivity index (χ3v) is 2.21. The van der Waals surface area contributed by atoms with E-state index in [9.17, 15) is 9.59 Å². The maximum absolute atomic E-state index is 11.5. The number of carbonyl (C=O) groups is 2. The average molecular weight is 274 g/mol. The number of carbonyl (C=O) groups excluding carboxylic acids is 2. The molecule has 5 heteroatoms. The Hall–Kier alpha value is -2.27. The van der Waals surface area contributed by atoms with Crippen LogP contribution in [0.15, 0.2) is 60.7 Å². The van der Waals surface area contributed by atoms with Gasteiger partial charge in [-0.2, -0.15) is 0 Å². The van der Waals surface area contributed by atoms with E-state index in [2.05, 4.69) is 9.78 Å². The SMILES string of the molecule is O=C(OOC(=O)c1ccccc1)c1ccccc1.[S]. The molecule has 0 heterocycles. The van der Waals surface area contributed by atoms with E-state index in [4.69, 9.17) is 0 Å². The fourth-order valence-electron chi connectivity index (χ4n) is 1.32. The van der Waals surface area contributed by atoms with Crippen molar-refractivity contribution in [3.8, 4) is 0 Å². The number of hydrogen-bond donors (Lipinski definition) is 0. The van der Waals surface area contributed by atoms with Crippen LogP contribution in [0.4, 0.5) is 0 Å². The zero-order valence-corrected chi connectivity index (χ0v) is 10.6. The first-order valence-electron chi connectivity index (χ1n) is 5.30. The Morgan fingerprint density at radius 3 is 1.26 bits per heavy atom. The predicted molar refractivity (Wildman–Crippen MR) is 71.3 cm³/mol. The smallest absolute Gasteiger partial charge is 0.242 e. The van der Waals surface area contributed by atoms with E-state index in [0.717, 1.165) is 0 Å². The fraction of sp³-hybridized carbons (Fsp3) is 0. The van der Waals surface area contributed by atoms with Crippen molar-refractivity contribution in [3.63, 3.8) is 0 Å². The van der Waals surface area contributed by atoms with Crippen LogP contribution in [0.2, 0.25) is 0 Å². The second-order valence-corrected chi connectivity index (χ2v) is 3.47. The van der Waals surface area contributed by atoms with Gasteiger partial charge in [-0.15, -0.1) is 0 Å². The van der Waals surface area contributed by atoms with Crippen LogP contribution in [-0.2, 0) is 9.78 Å². The van der Waals surface area contributed by atoms with Crippen LogP contribution in [-0.4, -0.2) is 11.9 Å². The van der Waals surface area contributed by atoms with Gasteiger partial charge in [0.2, 0.25) is 0 Å². The van der Waals surface area contributed by atoms with Crippen molar-refractivity contribution < 1.29 is 19.4 Å². The molecule has 0 aliphatic heterocycles. The highest BCUT2D eigenvalue weighted by Crippen LogP contribution is 2.05. The molecule has 0 saturated heterocycles. The third kappa shape index (κ3) is 4.15. The summed E-state index contributed by atoms with van der Waals surface area (Å²) in [6, 6.07) is 16.6. The molecule has 0 spiro atoms. The summed E-state index contributed by atoms with van der Waals surface area (Å²) in [7, 11) is 0. The molecule has 0 unspecified atom stereocenters. The second-order valence-electron chi connectivity index (χ2n) is 3.47. The average Bonchev–Trinajstić information content (AvgIpc) is 2.46. The molecule has 2 aromatic rings. The van der Waals surface area contributed by atoms with Gasteiger partial charge in [0, 0.05) is 13.5 Å². The van der Waals surface area contributed by atoms with Crippen LogP contribution in [0.1, 0.15) is 20.7 Å². The molecule has 0 aromatic heterocycles. The van der Waals surface area contributed by atoms with E-state index >= 15 is 0 Å². The highest BCUT2D eigenvalue weighted by Gasteiger charge is 2.12. The first-order valence-corrected chi connectivity index (χ1v) is 5.30. The molecule has 0 aliphatic carbocycles. The minimum Gasteiger partial charge on any atom is -0.242 e. The highest BCUT2D eigenvalue weighted by molar-refractivity contribution is 7.59. The lowest BCUT2D eigenvalue weighted by Gasteiger charge is -2.02. The Morgan fingerprint density at radius 2 is 0.947 bits per heavy atom. The van der Waals surface area contributed by atoms with Crippen LogP contribution < -0.4 is 0 Å². The van der Waals surface area contributed by atoms with Gasteiger partial charge in [-0.05, 0) is 24.3 Å². The summed E-state index contributed by atoms with van der Waals surface area (Å²) in [4.78, 5) is 31.9. The van der Waals surface area contributed by atoms with E-state index in [1.807, 2.05) is 0 Å². The van der Waals surface area contributed by atoms with Gasteiger partial charge in [0.15, 0.2) is 0 Å². The first kappa shape index (κ1) is 14.8. The van der Waals surface area contributed by atoms with Crippen LogP contribution >= 0.6 is 13.5 Å². The zero-order chi connectivity index (χ0) is 12.8. The zero-order valence-electron chi connectivity index (χ0n) is 9.81. The standard InChI is InChI=1S/C14H10O4.S/c15-13(11-7-3-1-4-8-11)17-18-14(16)12-9-5-2-6-10-12;/h1-10H;. The molecule has 2 rings (SSSR count). The lowest BCUT2D eigenvalue weighted by Crippen LogP contribution is -2.11. The van der Waals surface area contributed by atoms with Gasteiger partial charge < -0.3 is 0 Å². The number of hydrogen-bond acceptors (Lipinski definition) is 4. The molecule has 0 fully saturated rings. The molecular weight excluding hydrogens is 264 g/mol. The molecular formula is C14H10O4S. The lowest BCUT2D eigenvalue weighted by atomic mass is 10.2. The van der Waals surface area contributed by atoms with Crippen LogP contribution in [0, 0.1) is 0 Å². The van der Waals surface area contributed by atoms with Gasteiger partial charge in [0.1, 0.15) is 0 Å². The fourth-order valence-corrected chi connectivity index (χ4v) is 1.32. The number of rotatable bonds is 2. The minimum atomic E-state index is -0.708. The van der Waals surface area contributed by atoms with Crippen molar-refractivity contribution in [3.05, 3.63) is 71.8 Å². The summed E-state index contributed by atoms with van der Waals surface area (Å²) in [6.45, 7) is 0. The molecule has 0 saturated carbocycles. The Morgan fingerprint density at radius 1 is 0.632 bits per heavy atom. The summed E-state index contributed by atoms with van der Waals surface area (Å²) in [5.74, 6) is -1.42. The van der Waals surface area contributed by atoms with E-state index < -0.39 is 11.9 Å². The van der Waals surface area contributed by atoms with E-state index in [1.54, 1.807) is 60.7 Å². The summed E-state index contributed by atoms with van der Waals surface area (Å²) in [5.41, 5.74) is 0.636. The van der Waals surface area contributed by atoms with E-state index in [-0.39, 0.29) is 13.5 Å². The highest BCUT2D eigenvalue weighted by atomic mass is 32.1. The molecule has 0 amide bonds. The summed E-state index contributed by atoms with van der Waals surface area (Å²) >= 11 is 0. The monoisotopic (exact) mass is 274 g/mol. The molecule has 0 N–H and O–H groups in total. The van der Waals surface area contributed by atoms with Gasteiger partial charge in [0.25, 0.3) is 0 Å². The van der Waals surface area contributed by atoms with Crippen molar-refractivity contribution in [1.29, 1.82) is 0 Å². The van der Waals surface area contributed by atoms with Crippen LogP contribution in [0.5, 0.6) is 0 Å². The number of benzene rings is 2. The normalized spacial score (nSPS) is 9.05. The van der Waals surface area contributed by atoms with Crippen molar-refractivity contribution >= 4 is 25.4 Å². The Bertz CT molecular complexity index is 488. The molecule has 96 valence electrons. The van der Waals surface area contributed by atoms with E-state index in [0.29, 0.717) is 11.1 Å². The predicted octanol–water partition coefficient (Wildman–Crippen LogP) is 3.26.